The lowest BCUT2D eigenvalue weighted by molar-refractivity contribution is 0.102. The number of hydrogen-bond donors (Lipinski definition) is 1. The Bertz CT molecular complexity index is 980. The number of nitrogens with one attached hydrogen (secondary N) is 1. The van der Waals surface area contributed by atoms with Gasteiger partial charge in [0.2, 0.25) is 10.0 Å². The Morgan fingerprint density at radius 2 is 1.86 bits per heavy atom. The van der Waals surface area contributed by atoms with E-state index in [0.717, 1.165) is 12.8 Å². The minimum atomic E-state index is -3.62. The molecule has 1 fully saturated rings. The SMILES string of the molecule is CCOc1ccccc1NC(=O)c1cc(S(=O)(=O)N2CCC(C)CC2)ccc1C. The van der Waals surface area contributed by atoms with Crippen molar-refractivity contribution in [3.63, 3.8) is 0 Å². The Balaban J connectivity index is 1.86. The fourth-order valence-electron chi connectivity index (χ4n) is 3.42. The molecule has 3 rings (SSSR count). The van der Waals surface area contributed by atoms with E-state index in [2.05, 4.69) is 12.2 Å². The number of amides is 1. The normalized spacial score (nSPS) is 15.8. The van der Waals surface area contributed by atoms with E-state index in [-0.39, 0.29) is 10.8 Å². The van der Waals surface area contributed by atoms with Crippen LogP contribution < -0.4 is 10.1 Å². The van der Waals surface area contributed by atoms with E-state index in [1.54, 1.807) is 31.2 Å². The number of anilines is 1. The molecule has 0 unspecified atom stereocenters. The molecule has 156 valence electrons. The molecule has 0 radical (unpaired) electrons. The summed E-state index contributed by atoms with van der Waals surface area (Å²) in [6, 6.07) is 11.9. The lowest BCUT2D eigenvalue weighted by Gasteiger charge is -2.29. The monoisotopic (exact) mass is 416 g/mol. The first-order valence-corrected chi connectivity index (χ1v) is 11.4. The van der Waals surface area contributed by atoms with Crippen molar-refractivity contribution in [2.45, 2.75) is 38.5 Å². The maximum atomic E-state index is 13.1. The highest BCUT2D eigenvalue weighted by Crippen LogP contribution is 2.27. The van der Waals surface area contributed by atoms with Gasteiger partial charge in [0.05, 0.1) is 17.2 Å². The third-order valence-corrected chi connectivity index (χ3v) is 7.16. The fraction of sp³-hybridized carbons (Fsp3) is 0.409. The number of hydrogen-bond acceptors (Lipinski definition) is 4. The molecule has 6 nitrogen and oxygen atoms in total. The topological polar surface area (TPSA) is 75.7 Å². The number of piperidine rings is 1. The molecule has 0 aliphatic carbocycles. The second-order valence-electron chi connectivity index (χ2n) is 7.45. The molecular weight excluding hydrogens is 388 g/mol. The van der Waals surface area contributed by atoms with Crippen molar-refractivity contribution in [2.24, 2.45) is 5.92 Å². The average Bonchev–Trinajstić information content (AvgIpc) is 2.70. The molecule has 1 aliphatic rings. The summed E-state index contributed by atoms with van der Waals surface area (Å²) < 4.78 is 33.2. The van der Waals surface area contributed by atoms with E-state index < -0.39 is 10.0 Å². The van der Waals surface area contributed by atoms with Gasteiger partial charge in [0.15, 0.2) is 0 Å². The number of aryl methyl sites for hydroxylation is 1. The lowest BCUT2D eigenvalue weighted by Crippen LogP contribution is -2.38. The van der Waals surface area contributed by atoms with Gasteiger partial charge in [0, 0.05) is 18.7 Å². The number of benzene rings is 2. The van der Waals surface area contributed by atoms with Crippen molar-refractivity contribution in [1.29, 1.82) is 0 Å². The number of para-hydroxylation sites is 2. The second kappa shape index (κ2) is 8.97. The van der Waals surface area contributed by atoms with Crippen LogP contribution in [0.3, 0.4) is 0 Å². The van der Waals surface area contributed by atoms with Crippen LogP contribution in [-0.2, 0) is 10.0 Å². The smallest absolute Gasteiger partial charge is 0.256 e. The summed E-state index contributed by atoms with van der Waals surface area (Å²) in [6.07, 6.45) is 1.71. The Morgan fingerprint density at radius 1 is 1.17 bits per heavy atom. The van der Waals surface area contributed by atoms with Crippen molar-refractivity contribution in [1.82, 2.24) is 4.31 Å². The molecule has 2 aromatic carbocycles. The van der Waals surface area contributed by atoms with Crippen LogP contribution >= 0.6 is 0 Å². The van der Waals surface area contributed by atoms with Gasteiger partial charge in [-0.15, -0.1) is 0 Å². The van der Waals surface area contributed by atoms with Crippen molar-refractivity contribution < 1.29 is 17.9 Å². The van der Waals surface area contributed by atoms with Gasteiger partial charge < -0.3 is 10.1 Å². The van der Waals surface area contributed by atoms with Crippen LogP contribution in [0.1, 0.15) is 42.6 Å². The zero-order valence-electron chi connectivity index (χ0n) is 17.1. The predicted molar refractivity (Wildman–Crippen MR) is 114 cm³/mol. The highest BCUT2D eigenvalue weighted by atomic mass is 32.2. The summed E-state index contributed by atoms with van der Waals surface area (Å²) in [5.74, 6) is 0.748. The third kappa shape index (κ3) is 4.79. The molecule has 0 aromatic heterocycles. The number of carbonyl (C=O) groups excluding carboxylic acids is 1. The summed E-state index contributed by atoms with van der Waals surface area (Å²) >= 11 is 0. The Kier molecular flexibility index (Phi) is 6.59. The zero-order valence-corrected chi connectivity index (χ0v) is 18.0. The second-order valence-corrected chi connectivity index (χ2v) is 9.38. The summed E-state index contributed by atoms with van der Waals surface area (Å²) in [5, 5.41) is 2.84. The predicted octanol–water partition coefficient (Wildman–Crippen LogP) is 4.07. The van der Waals surface area contributed by atoms with Crippen LogP contribution in [0.4, 0.5) is 5.69 Å². The highest BCUT2D eigenvalue weighted by molar-refractivity contribution is 7.89. The molecular formula is C22H28N2O4S. The largest absolute Gasteiger partial charge is 0.492 e. The zero-order chi connectivity index (χ0) is 21.0. The Labute approximate surface area is 172 Å². The molecule has 2 aromatic rings. The van der Waals surface area contributed by atoms with E-state index in [0.29, 0.717) is 48.2 Å². The van der Waals surface area contributed by atoms with Crippen molar-refractivity contribution in [3.05, 3.63) is 53.6 Å². The first kappa shape index (κ1) is 21.3. The van der Waals surface area contributed by atoms with Gasteiger partial charge >= 0.3 is 0 Å². The first-order valence-electron chi connectivity index (χ1n) is 9.97. The van der Waals surface area contributed by atoms with Crippen molar-refractivity contribution in [3.8, 4) is 5.75 Å². The maximum absolute atomic E-state index is 13.1. The molecule has 0 atom stereocenters. The number of carbonyl (C=O) groups is 1. The van der Waals surface area contributed by atoms with Crippen LogP contribution in [0, 0.1) is 12.8 Å². The summed E-state index contributed by atoms with van der Waals surface area (Å²) in [4.78, 5) is 13.1. The van der Waals surface area contributed by atoms with E-state index in [9.17, 15) is 13.2 Å². The van der Waals surface area contributed by atoms with Gasteiger partial charge in [0.1, 0.15) is 5.75 Å². The van der Waals surface area contributed by atoms with E-state index in [4.69, 9.17) is 4.74 Å². The molecule has 1 heterocycles. The van der Waals surface area contributed by atoms with E-state index in [1.165, 1.54) is 10.4 Å². The fourth-order valence-corrected chi connectivity index (χ4v) is 4.92. The molecule has 0 spiro atoms. The van der Waals surface area contributed by atoms with Gasteiger partial charge in [-0.1, -0.05) is 25.1 Å². The molecule has 1 saturated heterocycles. The molecule has 7 heteroatoms. The van der Waals surface area contributed by atoms with Crippen LogP contribution in [0.25, 0.3) is 0 Å². The molecule has 29 heavy (non-hydrogen) atoms. The summed E-state index contributed by atoms with van der Waals surface area (Å²) in [7, 11) is -3.62. The number of nitrogens with zero attached hydrogens (tertiary/aromatic N) is 1. The highest BCUT2D eigenvalue weighted by Gasteiger charge is 2.29. The third-order valence-electron chi connectivity index (χ3n) is 5.27. The standard InChI is InChI=1S/C22H28N2O4S/c1-4-28-21-8-6-5-7-20(21)23-22(25)19-15-18(10-9-17(19)3)29(26,27)24-13-11-16(2)12-14-24/h5-10,15-16H,4,11-14H2,1-3H3,(H,23,25). The van der Waals surface area contributed by atoms with Gasteiger partial charge in [-0.05, 0) is 62.4 Å². The van der Waals surface area contributed by atoms with Gasteiger partial charge in [-0.3, -0.25) is 4.79 Å². The quantitative estimate of drug-likeness (QED) is 0.770. The molecule has 1 amide bonds. The van der Waals surface area contributed by atoms with Gasteiger partial charge in [0.25, 0.3) is 5.91 Å². The van der Waals surface area contributed by atoms with Crippen molar-refractivity contribution in [2.75, 3.05) is 25.0 Å². The van der Waals surface area contributed by atoms with Crippen molar-refractivity contribution >= 4 is 21.6 Å². The average molecular weight is 417 g/mol. The molecule has 0 saturated carbocycles. The van der Waals surface area contributed by atoms with E-state index >= 15 is 0 Å². The van der Waals surface area contributed by atoms with Crippen LogP contribution in [-0.4, -0.2) is 38.3 Å². The lowest BCUT2D eigenvalue weighted by atomic mass is 10.0. The molecule has 1 aliphatic heterocycles. The number of ether oxygens (including phenoxy) is 1. The minimum absolute atomic E-state index is 0.154. The van der Waals surface area contributed by atoms with Crippen LogP contribution in [0.2, 0.25) is 0 Å². The molecule has 1 N–H and O–H groups in total. The first-order chi connectivity index (χ1) is 13.8. The number of rotatable bonds is 6. The Morgan fingerprint density at radius 3 is 2.55 bits per heavy atom. The van der Waals surface area contributed by atoms with Crippen LogP contribution in [0.15, 0.2) is 47.4 Å². The summed E-state index contributed by atoms with van der Waals surface area (Å²) in [5.41, 5.74) is 1.60. The van der Waals surface area contributed by atoms with Crippen LogP contribution in [0.5, 0.6) is 5.75 Å². The Hall–Kier alpha value is -2.38. The minimum Gasteiger partial charge on any atom is -0.492 e. The van der Waals surface area contributed by atoms with Gasteiger partial charge in [-0.2, -0.15) is 4.31 Å². The number of sulfonamides is 1. The summed E-state index contributed by atoms with van der Waals surface area (Å²) in [6.45, 7) is 7.31. The molecule has 0 bridgehead atoms. The van der Waals surface area contributed by atoms with E-state index in [1.807, 2.05) is 19.1 Å². The van der Waals surface area contributed by atoms with Gasteiger partial charge in [-0.25, -0.2) is 8.42 Å². The maximum Gasteiger partial charge on any atom is 0.256 e.